The fraction of sp³-hybridized carbons (Fsp3) is 0.364. The minimum absolute atomic E-state index is 0.235. The van der Waals surface area contributed by atoms with E-state index in [2.05, 4.69) is 4.74 Å². The maximum absolute atomic E-state index is 11.2. The van der Waals surface area contributed by atoms with Gasteiger partial charge in [-0.25, -0.2) is 0 Å². The van der Waals surface area contributed by atoms with Gasteiger partial charge in [0.2, 0.25) is 0 Å². The van der Waals surface area contributed by atoms with Crippen molar-refractivity contribution in [2.75, 3.05) is 12.8 Å². The van der Waals surface area contributed by atoms with Gasteiger partial charge in [-0.15, -0.1) is 11.8 Å². The second-order valence-corrected chi connectivity index (χ2v) is 4.71. The number of benzene rings is 1. The Bertz CT molecular complexity index is 366. The molecule has 0 aromatic heterocycles. The third-order valence-electron chi connectivity index (χ3n) is 2.01. The van der Waals surface area contributed by atoms with E-state index in [9.17, 15) is 4.79 Å². The summed E-state index contributed by atoms with van der Waals surface area (Å²) in [7, 11) is 1.39. The third-order valence-corrected chi connectivity index (χ3v) is 3.16. The van der Waals surface area contributed by atoms with Crippen LogP contribution in [0.25, 0.3) is 0 Å². The van der Waals surface area contributed by atoms with Crippen molar-refractivity contribution in [3.05, 3.63) is 23.8 Å². The van der Waals surface area contributed by atoms with E-state index < -0.39 is 0 Å². The number of carbonyl (C=O) groups is 1. The summed E-state index contributed by atoms with van der Waals surface area (Å²) in [5.41, 5.74) is 7.63. The zero-order valence-corrected chi connectivity index (χ0v) is 9.93. The van der Waals surface area contributed by atoms with Crippen molar-refractivity contribution in [1.29, 1.82) is 0 Å². The number of methoxy groups -OCH3 is 1. The number of thioether (sulfide) groups is 1. The first-order valence-electron chi connectivity index (χ1n) is 4.65. The number of nitrogens with two attached hydrogens (primary N) is 1. The van der Waals surface area contributed by atoms with E-state index in [0.29, 0.717) is 5.69 Å². The SMILES string of the molecule is COC(=O)C(C)Sc1cc(C)ccc1N. The summed E-state index contributed by atoms with van der Waals surface area (Å²) in [5, 5.41) is -0.237. The molecule has 3 nitrogen and oxygen atoms in total. The highest BCUT2D eigenvalue weighted by Crippen LogP contribution is 2.29. The minimum atomic E-state index is -0.237. The van der Waals surface area contributed by atoms with Crippen LogP contribution in [-0.4, -0.2) is 18.3 Å². The highest BCUT2D eigenvalue weighted by molar-refractivity contribution is 8.00. The summed E-state index contributed by atoms with van der Waals surface area (Å²) >= 11 is 1.42. The molecule has 0 fully saturated rings. The lowest BCUT2D eigenvalue weighted by Crippen LogP contribution is -2.14. The summed E-state index contributed by atoms with van der Waals surface area (Å²) < 4.78 is 4.65. The van der Waals surface area contributed by atoms with Gasteiger partial charge in [-0.05, 0) is 31.5 Å². The van der Waals surface area contributed by atoms with Crippen LogP contribution < -0.4 is 5.73 Å². The molecule has 1 aromatic rings. The molecule has 0 spiro atoms. The van der Waals surface area contributed by atoms with Gasteiger partial charge in [0.15, 0.2) is 0 Å². The van der Waals surface area contributed by atoms with Crippen molar-refractivity contribution in [3.8, 4) is 0 Å². The predicted molar refractivity (Wildman–Crippen MR) is 62.9 cm³/mol. The van der Waals surface area contributed by atoms with E-state index >= 15 is 0 Å². The molecule has 1 unspecified atom stereocenters. The quantitative estimate of drug-likeness (QED) is 0.487. The van der Waals surface area contributed by atoms with Crippen LogP contribution in [-0.2, 0) is 9.53 Å². The van der Waals surface area contributed by atoms with Crippen molar-refractivity contribution >= 4 is 23.4 Å². The Labute approximate surface area is 94.0 Å². The van der Waals surface area contributed by atoms with E-state index in [1.54, 1.807) is 6.92 Å². The zero-order chi connectivity index (χ0) is 11.4. The standard InChI is InChI=1S/C11H15NO2S/c1-7-4-5-9(12)10(6-7)15-8(2)11(13)14-3/h4-6,8H,12H2,1-3H3. The number of nitrogen functional groups attached to an aromatic ring is 1. The monoisotopic (exact) mass is 225 g/mol. The van der Waals surface area contributed by atoms with Crippen LogP contribution in [0.5, 0.6) is 0 Å². The first kappa shape index (κ1) is 11.9. The Morgan fingerprint density at radius 2 is 2.20 bits per heavy atom. The van der Waals surface area contributed by atoms with Crippen LogP contribution in [0.4, 0.5) is 5.69 Å². The maximum Gasteiger partial charge on any atom is 0.318 e. The molecule has 0 saturated carbocycles. The molecule has 1 rings (SSSR count). The van der Waals surface area contributed by atoms with Gasteiger partial charge in [-0.1, -0.05) is 6.07 Å². The lowest BCUT2D eigenvalue weighted by atomic mass is 10.2. The normalized spacial score (nSPS) is 12.2. The van der Waals surface area contributed by atoms with Gasteiger partial charge in [0.05, 0.1) is 7.11 Å². The van der Waals surface area contributed by atoms with Crippen LogP contribution in [0.2, 0.25) is 0 Å². The van der Waals surface area contributed by atoms with Crippen LogP contribution in [0.1, 0.15) is 12.5 Å². The van der Waals surface area contributed by atoms with E-state index in [1.807, 2.05) is 25.1 Å². The molecule has 0 aliphatic rings. The Balaban J connectivity index is 2.80. The maximum atomic E-state index is 11.2. The summed E-state index contributed by atoms with van der Waals surface area (Å²) in [6.45, 7) is 3.80. The molecule has 1 atom stereocenters. The van der Waals surface area contributed by atoms with Crippen LogP contribution in [0.15, 0.2) is 23.1 Å². The average Bonchev–Trinajstić information content (AvgIpc) is 2.22. The van der Waals surface area contributed by atoms with E-state index in [4.69, 9.17) is 5.73 Å². The molecule has 0 radical (unpaired) electrons. The number of esters is 1. The second kappa shape index (κ2) is 5.07. The van der Waals surface area contributed by atoms with Gasteiger partial charge in [-0.2, -0.15) is 0 Å². The Kier molecular flexibility index (Phi) is 4.03. The van der Waals surface area contributed by atoms with Gasteiger partial charge in [0.1, 0.15) is 5.25 Å². The largest absolute Gasteiger partial charge is 0.468 e. The summed E-state index contributed by atoms with van der Waals surface area (Å²) in [5.74, 6) is -0.235. The molecule has 0 bridgehead atoms. The molecular weight excluding hydrogens is 210 g/mol. The molecule has 0 saturated heterocycles. The van der Waals surface area contributed by atoms with Crippen molar-refractivity contribution in [3.63, 3.8) is 0 Å². The minimum Gasteiger partial charge on any atom is -0.468 e. The molecule has 82 valence electrons. The Morgan fingerprint density at radius 1 is 1.53 bits per heavy atom. The molecule has 0 heterocycles. The number of aryl methyl sites for hydroxylation is 1. The van der Waals surface area contributed by atoms with Crippen molar-refractivity contribution in [2.24, 2.45) is 0 Å². The number of hydrogen-bond donors (Lipinski definition) is 1. The van der Waals surface area contributed by atoms with Gasteiger partial charge in [0, 0.05) is 10.6 Å². The lowest BCUT2D eigenvalue weighted by molar-refractivity contribution is -0.139. The van der Waals surface area contributed by atoms with Crippen LogP contribution >= 0.6 is 11.8 Å². The Hall–Kier alpha value is -1.16. The summed E-state index contributed by atoms with van der Waals surface area (Å²) in [4.78, 5) is 12.2. The molecular formula is C11H15NO2S. The summed E-state index contributed by atoms with van der Waals surface area (Å²) in [6.07, 6.45) is 0. The highest BCUT2D eigenvalue weighted by Gasteiger charge is 2.15. The molecule has 2 N–H and O–H groups in total. The van der Waals surface area contributed by atoms with Gasteiger partial charge in [-0.3, -0.25) is 4.79 Å². The fourth-order valence-electron chi connectivity index (χ4n) is 1.15. The van der Waals surface area contributed by atoms with E-state index in [0.717, 1.165) is 10.5 Å². The molecule has 15 heavy (non-hydrogen) atoms. The molecule has 0 amide bonds. The number of rotatable bonds is 3. The van der Waals surface area contributed by atoms with E-state index in [1.165, 1.54) is 18.9 Å². The van der Waals surface area contributed by atoms with Crippen molar-refractivity contribution in [2.45, 2.75) is 24.0 Å². The first-order chi connectivity index (χ1) is 7.04. The highest BCUT2D eigenvalue weighted by atomic mass is 32.2. The number of ether oxygens (including phenoxy) is 1. The van der Waals surface area contributed by atoms with Gasteiger partial charge >= 0.3 is 5.97 Å². The van der Waals surface area contributed by atoms with Gasteiger partial charge < -0.3 is 10.5 Å². The van der Waals surface area contributed by atoms with Crippen LogP contribution in [0, 0.1) is 6.92 Å². The average molecular weight is 225 g/mol. The first-order valence-corrected chi connectivity index (χ1v) is 5.53. The molecule has 0 aliphatic carbocycles. The number of carbonyl (C=O) groups excluding carboxylic acids is 1. The van der Waals surface area contributed by atoms with Crippen molar-refractivity contribution < 1.29 is 9.53 Å². The third kappa shape index (κ3) is 3.16. The van der Waals surface area contributed by atoms with Crippen LogP contribution in [0.3, 0.4) is 0 Å². The number of hydrogen-bond acceptors (Lipinski definition) is 4. The molecule has 0 aliphatic heterocycles. The predicted octanol–water partition coefficient (Wildman–Crippen LogP) is 2.23. The lowest BCUT2D eigenvalue weighted by Gasteiger charge is -2.11. The molecule has 1 aromatic carbocycles. The molecule has 4 heteroatoms. The topological polar surface area (TPSA) is 52.3 Å². The van der Waals surface area contributed by atoms with E-state index in [-0.39, 0.29) is 11.2 Å². The second-order valence-electron chi connectivity index (χ2n) is 3.32. The smallest absolute Gasteiger partial charge is 0.318 e. The Morgan fingerprint density at radius 3 is 2.80 bits per heavy atom. The number of anilines is 1. The van der Waals surface area contributed by atoms with Gasteiger partial charge in [0.25, 0.3) is 0 Å². The van der Waals surface area contributed by atoms with Crippen molar-refractivity contribution in [1.82, 2.24) is 0 Å². The summed E-state index contributed by atoms with van der Waals surface area (Å²) in [6, 6.07) is 5.77. The zero-order valence-electron chi connectivity index (χ0n) is 9.11. The fourth-order valence-corrected chi connectivity index (χ4v) is 2.18.